The van der Waals surface area contributed by atoms with Crippen LogP contribution in [-0.4, -0.2) is 39.3 Å². The zero-order valence-corrected chi connectivity index (χ0v) is 18.7. The summed E-state index contributed by atoms with van der Waals surface area (Å²) < 4.78 is 31.8. The Morgan fingerprint density at radius 2 is 1.69 bits per heavy atom. The van der Waals surface area contributed by atoms with Gasteiger partial charge in [-0.05, 0) is 69.5 Å². The van der Waals surface area contributed by atoms with Crippen LogP contribution in [0.3, 0.4) is 0 Å². The first-order valence-corrected chi connectivity index (χ1v) is 11.4. The Kier molecular flexibility index (Phi) is 7.30. The number of nitrogens with one attached hydrogen (secondary N) is 1. The van der Waals surface area contributed by atoms with E-state index < -0.39 is 16.1 Å². The van der Waals surface area contributed by atoms with E-state index in [1.54, 1.807) is 19.1 Å². The first kappa shape index (κ1) is 22.7. The van der Waals surface area contributed by atoms with Gasteiger partial charge >= 0.3 is 0 Å². The molecule has 29 heavy (non-hydrogen) atoms. The molecule has 2 aromatic rings. The number of carbonyl (C=O) groups excluding carboxylic acids is 1. The van der Waals surface area contributed by atoms with Crippen LogP contribution in [0.4, 0.5) is 5.69 Å². The number of hydrogen-bond acceptors (Lipinski definition) is 4. The summed E-state index contributed by atoms with van der Waals surface area (Å²) in [6.45, 7) is 9.51. The highest BCUT2D eigenvalue weighted by atomic mass is 32.2. The van der Waals surface area contributed by atoms with Crippen LogP contribution >= 0.6 is 0 Å². The van der Waals surface area contributed by atoms with Gasteiger partial charge in [0, 0.05) is 0 Å². The maximum Gasteiger partial charge on any atom is 0.243 e. The van der Waals surface area contributed by atoms with Gasteiger partial charge < -0.3 is 10.1 Å². The normalized spacial score (nSPS) is 13.4. The molecule has 0 spiro atoms. The summed E-state index contributed by atoms with van der Waals surface area (Å²) in [5.41, 5.74) is 3.50. The van der Waals surface area contributed by atoms with E-state index in [1.165, 1.54) is 0 Å². The van der Waals surface area contributed by atoms with Gasteiger partial charge in [0.05, 0.1) is 18.0 Å². The van der Waals surface area contributed by atoms with E-state index in [1.807, 2.05) is 58.0 Å². The molecule has 0 aliphatic carbocycles. The highest BCUT2D eigenvalue weighted by Crippen LogP contribution is 2.24. The summed E-state index contributed by atoms with van der Waals surface area (Å²) in [6.07, 6.45) is 1.11. The lowest BCUT2D eigenvalue weighted by Crippen LogP contribution is -2.50. The predicted octanol–water partition coefficient (Wildman–Crippen LogP) is 3.35. The van der Waals surface area contributed by atoms with Gasteiger partial charge in [0.25, 0.3) is 0 Å². The fraction of sp³-hybridized carbons (Fsp3) is 0.409. The van der Waals surface area contributed by atoms with Crippen molar-refractivity contribution in [2.45, 2.75) is 46.7 Å². The Balaban J connectivity index is 2.10. The molecular weight excluding hydrogens is 388 g/mol. The topological polar surface area (TPSA) is 75.7 Å². The van der Waals surface area contributed by atoms with Gasteiger partial charge in [-0.2, -0.15) is 0 Å². The second-order valence-electron chi connectivity index (χ2n) is 7.49. The largest absolute Gasteiger partial charge is 0.491 e. The number of ether oxygens (including phenoxy) is 1. The molecule has 0 saturated heterocycles. The van der Waals surface area contributed by atoms with Crippen LogP contribution in [0.1, 0.15) is 30.5 Å². The standard InChI is InChI=1S/C22H30N2O4S/c1-15-11-12-20(13-17(15)3)24(29(6,26)27)19(5)22(25)23-18(4)14-28-21-10-8-7-9-16(21)2/h7-13,18-19H,14H2,1-6H3,(H,23,25). The molecule has 1 amide bonds. The minimum atomic E-state index is -3.65. The summed E-state index contributed by atoms with van der Waals surface area (Å²) in [4.78, 5) is 12.8. The van der Waals surface area contributed by atoms with E-state index in [0.717, 1.165) is 33.0 Å². The number of carbonyl (C=O) groups is 1. The Labute approximate surface area is 173 Å². The minimum absolute atomic E-state index is 0.284. The molecule has 6 nitrogen and oxygen atoms in total. The van der Waals surface area contributed by atoms with Crippen LogP contribution in [0.15, 0.2) is 42.5 Å². The molecule has 2 unspecified atom stereocenters. The second kappa shape index (κ2) is 9.31. The predicted molar refractivity (Wildman–Crippen MR) is 117 cm³/mol. The van der Waals surface area contributed by atoms with E-state index in [2.05, 4.69) is 5.32 Å². The SMILES string of the molecule is Cc1ccc(N(C(C)C(=O)NC(C)COc2ccccc2C)S(C)(=O)=O)cc1C. The van der Waals surface area contributed by atoms with E-state index in [0.29, 0.717) is 5.69 Å². The Morgan fingerprint density at radius 3 is 2.28 bits per heavy atom. The number of nitrogens with zero attached hydrogens (tertiary/aromatic N) is 1. The molecule has 0 aliphatic heterocycles. The molecule has 2 atom stereocenters. The number of anilines is 1. The number of hydrogen-bond donors (Lipinski definition) is 1. The Bertz CT molecular complexity index is 973. The highest BCUT2D eigenvalue weighted by molar-refractivity contribution is 7.92. The number of para-hydroxylation sites is 1. The first-order chi connectivity index (χ1) is 13.5. The number of benzene rings is 2. The van der Waals surface area contributed by atoms with Crippen LogP contribution in [-0.2, 0) is 14.8 Å². The van der Waals surface area contributed by atoms with Crippen molar-refractivity contribution in [3.63, 3.8) is 0 Å². The summed E-state index contributed by atoms with van der Waals surface area (Å²) in [5, 5.41) is 2.85. The number of aryl methyl sites for hydroxylation is 3. The van der Waals surface area contributed by atoms with Crippen molar-refractivity contribution in [3.8, 4) is 5.75 Å². The Hall–Kier alpha value is -2.54. The van der Waals surface area contributed by atoms with E-state index in [4.69, 9.17) is 4.74 Å². The van der Waals surface area contributed by atoms with Gasteiger partial charge in [-0.15, -0.1) is 0 Å². The molecular formula is C22H30N2O4S. The molecule has 0 aromatic heterocycles. The zero-order valence-electron chi connectivity index (χ0n) is 17.9. The average Bonchev–Trinajstić information content (AvgIpc) is 2.63. The molecule has 0 aliphatic rings. The minimum Gasteiger partial charge on any atom is -0.491 e. The molecule has 7 heteroatoms. The van der Waals surface area contributed by atoms with Crippen molar-refractivity contribution >= 4 is 21.6 Å². The van der Waals surface area contributed by atoms with Gasteiger partial charge in [0.2, 0.25) is 15.9 Å². The fourth-order valence-corrected chi connectivity index (χ4v) is 4.18. The van der Waals surface area contributed by atoms with Crippen LogP contribution in [0.25, 0.3) is 0 Å². The molecule has 0 saturated carbocycles. The van der Waals surface area contributed by atoms with Crippen molar-refractivity contribution in [3.05, 3.63) is 59.2 Å². The molecule has 2 rings (SSSR count). The van der Waals surface area contributed by atoms with Crippen molar-refractivity contribution < 1.29 is 17.9 Å². The zero-order chi connectivity index (χ0) is 21.8. The maximum absolute atomic E-state index is 12.8. The lowest BCUT2D eigenvalue weighted by atomic mass is 10.1. The van der Waals surface area contributed by atoms with Crippen molar-refractivity contribution in [1.29, 1.82) is 0 Å². The van der Waals surface area contributed by atoms with Crippen molar-refractivity contribution in [2.24, 2.45) is 0 Å². The number of amides is 1. The first-order valence-electron chi connectivity index (χ1n) is 9.56. The lowest BCUT2D eigenvalue weighted by Gasteiger charge is -2.29. The maximum atomic E-state index is 12.8. The van der Waals surface area contributed by atoms with Gasteiger partial charge in [0.15, 0.2) is 0 Å². The van der Waals surface area contributed by atoms with E-state index in [9.17, 15) is 13.2 Å². The molecule has 158 valence electrons. The lowest BCUT2D eigenvalue weighted by molar-refractivity contribution is -0.122. The fourth-order valence-electron chi connectivity index (χ4n) is 3.01. The molecule has 2 aromatic carbocycles. The summed E-state index contributed by atoms with van der Waals surface area (Å²) in [6, 6.07) is 11.8. The average molecular weight is 419 g/mol. The summed E-state index contributed by atoms with van der Waals surface area (Å²) in [7, 11) is -3.65. The van der Waals surface area contributed by atoms with Gasteiger partial charge in [-0.25, -0.2) is 8.42 Å². The van der Waals surface area contributed by atoms with Crippen molar-refractivity contribution in [2.75, 3.05) is 17.2 Å². The third-order valence-corrected chi connectivity index (χ3v) is 6.05. The third-order valence-electron chi connectivity index (χ3n) is 4.80. The van der Waals surface area contributed by atoms with E-state index in [-0.39, 0.29) is 18.6 Å². The third kappa shape index (κ3) is 5.97. The number of rotatable bonds is 8. The van der Waals surface area contributed by atoms with Crippen LogP contribution in [0.2, 0.25) is 0 Å². The van der Waals surface area contributed by atoms with E-state index >= 15 is 0 Å². The summed E-state index contributed by atoms with van der Waals surface area (Å²) in [5.74, 6) is 0.379. The smallest absolute Gasteiger partial charge is 0.243 e. The second-order valence-corrected chi connectivity index (χ2v) is 9.35. The van der Waals surface area contributed by atoms with Crippen molar-refractivity contribution in [1.82, 2.24) is 5.32 Å². The van der Waals surface area contributed by atoms with Gasteiger partial charge in [-0.1, -0.05) is 24.3 Å². The molecule has 0 fully saturated rings. The van der Waals surface area contributed by atoms with Crippen LogP contribution in [0.5, 0.6) is 5.75 Å². The molecule has 0 bridgehead atoms. The Morgan fingerprint density at radius 1 is 1.03 bits per heavy atom. The van der Waals surface area contributed by atoms with Gasteiger partial charge in [0.1, 0.15) is 18.4 Å². The molecule has 0 radical (unpaired) electrons. The monoisotopic (exact) mass is 418 g/mol. The highest BCUT2D eigenvalue weighted by Gasteiger charge is 2.30. The number of sulfonamides is 1. The van der Waals surface area contributed by atoms with Gasteiger partial charge in [-0.3, -0.25) is 9.10 Å². The summed E-state index contributed by atoms with van der Waals surface area (Å²) >= 11 is 0. The van der Waals surface area contributed by atoms with Crippen LogP contribution in [0, 0.1) is 20.8 Å². The molecule has 0 heterocycles. The van der Waals surface area contributed by atoms with Crippen LogP contribution < -0.4 is 14.4 Å². The quantitative estimate of drug-likeness (QED) is 0.713. The molecule has 1 N–H and O–H groups in total.